The lowest BCUT2D eigenvalue weighted by Gasteiger charge is -2.38. The van der Waals surface area contributed by atoms with Crippen molar-refractivity contribution in [1.82, 2.24) is 0 Å². The lowest BCUT2D eigenvalue weighted by molar-refractivity contribution is 0.321. The van der Waals surface area contributed by atoms with Gasteiger partial charge in [-0.05, 0) is 0 Å². The van der Waals surface area contributed by atoms with Crippen LogP contribution in [0, 0.1) is 111 Å². The summed E-state index contributed by atoms with van der Waals surface area (Å²) in [5.74, 6) is -65.3. The second-order valence-electron chi connectivity index (χ2n) is 8.43. The summed E-state index contributed by atoms with van der Waals surface area (Å²) in [5.41, 5.74) is -19.9. The van der Waals surface area contributed by atoms with Crippen LogP contribution in [0.15, 0.2) is 6.07 Å². The Hall–Kier alpha value is -4.45. The number of halogens is 19. The first-order chi connectivity index (χ1) is 20.3. The van der Waals surface area contributed by atoms with Crippen LogP contribution in [0.1, 0.15) is 22.3 Å². The van der Waals surface area contributed by atoms with Crippen LogP contribution >= 0.6 is 0 Å². The first-order valence-corrected chi connectivity index (χ1v) is 10.7. The van der Waals surface area contributed by atoms with Gasteiger partial charge in [0.05, 0.1) is 5.41 Å². The molecule has 0 aliphatic rings. The minimum atomic E-state index is -5.92. The van der Waals surface area contributed by atoms with Crippen LogP contribution in [0.2, 0.25) is 0 Å². The van der Waals surface area contributed by atoms with E-state index in [1.165, 1.54) is 0 Å². The third kappa shape index (κ3) is 4.03. The van der Waals surface area contributed by atoms with E-state index < -0.39 is 144 Å². The molecule has 0 radical (unpaired) electrons. The van der Waals surface area contributed by atoms with E-state index in [1.807, 2.05) is 0 Å². The lowest BCUT2D eigenvalue weighted by Crippen LogP contribution is -2.42. The maximum absolute atomic E-state index is 15.3. The zero-order chi connectivity index (χ0) is 33.5. The van der Waals surface area contributed by atoms with Gasteiger partial charge in [-0.3, -0.25) is 0 Å². The average Bonchev–Trinajstić information content (AvgIpc) is 2.98. The molecule has 4 rings (SSSR count). The summed E-state index contributed by atoms with van der Waals surface area (Å²) in [7, 11) is 0. The lowest BCUT2D eigenvalue weighted by atomic mass is 9.63. The molecule has 0 saturated heterocycles. The zero-order valence-electron chi connectivity index (χ0n) is 19.8. The van der Waals surface area contributed by atoms with Crippen LogP contribution in [0.25, 0.3) is 0 Å². The van der Waals surface area contributed by atoms with Gasteiger partial charge >= 0.3 is 0 Å². The molecule has 234 valence electrons. The van der Waals surface area contributed by atoms with Crippen molar-refractivity contribution in [3.63, 3.8) is 0 Å². The molecule has 0 bridgehead atoms. The Balaban J connectivity index is 2.68. The molecule has 0 fully saturated rings. The van der Waals surface area contributed by atoms with Gasteiger partial charge in [0.15, 0.2) is 93.1 Å². The Morgan fingerprint density at radius 3 is 0.591 bits per heavy atom. The highest BCUT2D eigenvalue weighted by atomic mass is 19.2. The normalized spacial score (nSPS) is 12.0. The van der Waals surface area contributed by atoms with Crippen LogP contribution in [-0.4, -0.2) is 0 Å². The number of hydrogen-bond donors (Lipinski definition) is 0. The van der Waals surface area contributed by atoms with Crippen LogP contribution in [0.5, 0.6) is 0 Å². The summed E-state index contributed by atoms with van der Waals surface area (Å²) < 4.78 is 280. The largest absolute Gasteiger partial charge is 0.204 e. The maximum Gasteiger partial charge on any atom is 0.200 e. The molecular formula is C25HF19. The number of rotatable bonds is 4. The molecule has 0 aliphatic carbocycles. The van der Waals surface area contributed by atoms with Crippen LogP contribution in [0.4, 0.5) is 83.4 Å². The van der Waals surface area contributed by atoms with Gasteiger partial charge in [0.1, 0.15) is 0 Å². The molecular weight excluding hydrogens is 661 g/mol. The van der Waals surface area contributed by atoms with Crippen molar-refractivity contribution in [3.8, 4) is 0 Å². The minimum Gasteiger partial charge on any atom is -0.204 e. The maximum atomic E-state index is 15.3. The predicted molar refractivity (Wildman–Crippen MR) is 104 cm³/mol. The standard InChI is InChI=1S/C25HF19/c26-2-1-3(27)9(29)4(8(2)28)25(5-10(30)16(36)22(42)17(37)11(5)31,6-12(32)18(38)23(43)19(39)13(6)33)7-14(34)20(40)24(44)21(41)15(7)35/h1H. The Labute approximate surface area is 228 Å². The second-order valence-corrected chi connectivity index (χ2v) is 8.43. The van der Waals surface area contributed by atoms with E-state index in [2.05, 4.69) is 0 Å². The van der Waals surface area contributed by atoms with E-state index in [0.29, 0.717) is 0 Å². The van der Waals surface area contributed by atoms with Crippen LogP contribution in [-0.2, 0) is 5.41 Å². The molecule has 0 aliphatic heterocycles. The van der Waals surface area contributed by atoms with E-state index in [-0.39, 0.29) is 0 Å². The summed E-state index contributed by atoms with van der Waals surface area (Å²) in [6.45, 7) is 0. The van der Waals surface area contributed by atoms with Crippen molar-refractivity contribution in [3.05, 3.63) is 139 Å². The molecule has 0 nitrogen and oxygen atoms in total. The fraction of sp³-hybridized carbons (Fsp3) is 0.0400. The minimum absolute atomic E-state index is 0.867. The molecule has 0 atom stereocenters. The number of hydrogen-bond acceptors (Lipinski definition) is 0. The van der Waals surface area contributed by atoms with Gasteiger partial charge in [0.25, 0.3) is 0 Å². The smallest absolute Gasteiger partial charge is 0.200 e. The van der Waals surface area contributed by atoms with Crippen molar-refractivity contribution in [2.24, 2.45) is 0 Å². The van der Waals surface area contributed by atoms with E-state index in [0.717, 1.165) is 0 Å². The molecule has 4 aromatic rings. The van der Waals surface area contributed by atoms with E-state index >= 15 is 35.1 Å². The summed E-state index contributed by atoms with van der Waals surface area (Å²) in [6, 6.07) is -0.867. The summed E-state index contributed by atoms with van der Waals surface area (Å²) in [6.07, 6.45) is 0. The Morgan fingerprint density at radius 2 is 0.386 bits per heavy atom. The Kier molecular flexibility index (Phi) is 7.83. The first-order valence-electron chi connectivity index (χ1n) is 10.7. The average molecular weight is 662 g/mol. The van der Waals surface area contributed by atoms with Gasteiger partial charge in [-0.25, -0.2) is 83.4 Å². The summed E-state index contributed by atoms with van der Waals surface area (Å²) >= 11 is 0. The topological polar surface area (TPSA) is 0 Å². The van der Waals surface area contributed by atoms with Crippen LogP contribution in [0.3, 0.4) is 0 Å². The molecule has 0 spiro atoms. The van der Waals surface area contributed by atoms with E-state index in [4.69, 9.17) is 0 Å². The summed E-state index contributed by atoms with van der Waals surface area (Å²) in [4.78, 5) is 0. The molecule has 0 unspecified atom stereocenters. The summed E-state index contributed by atoms with van der Waals surface area (Å²) in [5, 5.41) is 0. The van der Waals surface area contributed by atoms with Gasteiger partial charge in [-0.1, -0.05) is 0 Å². The van der Waals surface area contributed by atoms with Crippen molar-refractivity contribution in [2.45, 2.75) is 5.41 Å². The van der Waals surface area contributed by atoms with Gasteiger partial charge < -0.3 is 0 Å². The molecule has 44 heavy (non-hydrogen) atoms. The molecule has 19 heteroatoms. The Morgan fingerprint density at radius 1 is 0.227 bits per heavy atom. The molecule has 4 aromatic carbocycles. The van der Waals surface area contributed by atoms with E-state index in [9.17, 15) is 48.3 Å². The molecule has 0 amide bonds. The predicted octanol–water partition coefficient (Wildman–Crippen LogP) is 8.71. The van der Waals surface area contributed by atoms with Gasteiger partial charge in [-0.15, -0.1) is 0 Å². The molecule has 0 aromatic heterocycles. The Bertz CT molecular complexity index is 1630. The third-order valence-electron chi connectivity index (χ3n) is 6.24. The van der Waals surface area contributed by atoms with Gasteiger partial charge in [-0.2, -0.15) is 0 Å². The fourth-order valence-electron chi connectivity index (χ4n) is 4.45. The van der Waals surface area contributed by atoms with Gasteiger partial charge in [0.2, 0.25) is 17.5 Å². The molecule has 0 saturated carbocycles. The van der Waals surface area contributed by atoms with Crippen molar-refractivity contribution >= 4 is 0 Å². The second kappa shape index (κ2) is 10.6. The fourth-order valence-corrected chi connectivity index (χ4v) is 4.45. The van der Waals surface area contributed by atoms with Gasteiger partial charge in [0, 0.05) is 28.3 Å². The molecule has 0 N–H and O–H groups in total. The zero-order valence-corrected chi connectivity index (χ0v) is 19.8. The van der Waals surface area contributed by atoms with Crippen molar-refractivity contribution in [1.29, 1.82) is 0 Å². The quantitative estimate of drug-likeness (QED) is 0.0889. The highest BCUT2D eigenvalue weighted by Gasteiger charge is 2.57. The number of benzene rings is 4. The highest BCUT2D eigenvalue weighted by Crippen LogP contribution is 2.54. The first kappa shape index (κ1) is 32.5. The third-order valence-corrected chi connectivity index (χ3v) is 6.24. The van der Waals surface area contributed by atoms with Crippen molar-refractivity contribution in [2.75, 3.05) is 0 Å². The van der Waals surface area contributed by atoms with Crippen molar-refractivity contribution < 1.29 is 83.4 Å². The SMILES string of the molecule is Fc1cc(F)c(F)c(C(c2c(F)c(F)c(F)c(F)c2F)(c2c(F)c(F)c(F)c(F)c2F)c2c(F)c(F)c(F)c(F)c2F)c1F. The monoisotopic (exact) mass is 662 g/mol. The van der Waals surface area contributed by atoms with Crippen LogP contribution < -0.4 is 0 Å². The van der Waals surface area contributed by atoms with E-state index in [1.54, 1.807) is 0 Å². The molecule has 0 heterocycles. The highest BCUT2D eigenvalue weighted by molar-refractivity contribution is 5.63.